The van der Waals surface area contributed by atoms with E-state index in [1.54, 1.807) is 20.8 Å². The van der Waals surface area contributed by atoms with Crippen molar-refractivity contribution < 1.29 is 22.1 Å². The molecule has 0 unspecified atom stereocenters. The van der Waals surface area contributed by atoms with Crippen molar-refractivity contribution in [3.05, 3.63) is 0 Å². The monoisotopic (exact) mass is 293 g/mol. The van der Waals surface area contributed by atoms with Gasteiger partial charge in [-0.05, 0) is 33.6 Å². The molecule has 0 aliphatic heterocycles. The van der Waals surface area contributed by atoms with Gasteiger partial charge in [0.05, 0.1) is 6.10 Å². The molecular formula is C12H23NO5S. The second kappa shape index (κ2) is 6.56. The maximum atomic E-state index is 11.7. The van der Waals surface area contributed by atoms with Gasteiger partial charge in [-0.2, -0.15) is 8.42 Å². The fourth-order valence-corrected chi connectivity index (χ4v) is 2.83. The SMILES string of the molecule is CC(C)(C)OC(=O)NCS(=O)(=O)OC1CCCCC1. The molecule has 1 aliphatic rings. The van der Waals surface area contributed by atoms with Gasteiger partial charge in [0, 0.05) is 0 Å². The van der Waals surface area contributed by atoms with E-state index < -0.39 is 27.7 Å². The van der Waals surface area contributed by atoms with Crippen LogP contribution in [0.1, 0.15) is 52.9 Å². The first-order valence-corrected chi connectivity index (χ1v) is 8.13. The Kier molecular flexibility index (Phi) is 5.61. The van der Waals surface area contributed by atoms with Crippen LogP contribution in [0.25, 0.3) is 0 Å². The first-order chi connectivity index (χ1) is 8.68. The summed E-state index contributed by atoms with van der Waals surface area (Å²) >= 11 is 0. The highest BCUT2D eigenvalue weighted by Gasteiger charge is 2.23. The lowest BCUT2D eigenvalue weighted by atomic mass is 9.98. The first-order valence-electron chi connectivity index (χ1n) is 6.56. The van der Waals surface area contributed by atoms with Crippen molar-refractivity contribution in [2.45, 2.75) is 64.6 Å². The summed E-state index contributed by atoms with van der Waals surface area (Å²) < 4.78 is 33.4. The largest absolute Gasteiger partial charge is 0.444 e. The molecule has 112 valence electrons. The van der Waals surface area contributed by atoms with Gasteiger partial charge < -0.3 is 10.1 Å². The number of nitrogens with one attached hydrogen (secondary N) is 1. The van der Waals surface area contributed by atoms with Gasteiger partial charge in [0.25, 0.3) is 10.1 Å². The van der Waals surface area contributed by atoms with Gasteiger partial charge in [-0.1, -0.05) is 19.3 Å². The number of carbonyl (C=O) groups excluding carboxylic acids is 1. The van der Waals surface area contributed by atoms with Crippen molar-refractivity contribution in [1.29, 1.82) is 0 Å². The van der Waals surface area contributed by atoms with Crippen molar-refractivity contribution in [3.8, 4) is 0 Å². The van der Waals surface area contributed by atoms with Gasteiger partial charge in [0.1, 0.15) is 11.5 Å². The smallest absolute Gasteiger partial charge is 0.408 e. The third kappa shape index (κ3) is 7.37. The Balaban J connectivity index is 2.36. The minimum Gasteiger partial charge on any atom is -0.444 e. The van der Waals surface area contributed by atoms with E-state index in [1.165, 1.54) is 0 Å². The molecule has 0 heterocycles. The summed E-state index contributed by atoms with van der Waals surface area (Å²) in [5, 5.41) is 2.19. The van der Waals surface area contributed by atoms with Gasteiger partial charge in [0.15, 0.2) is 0 Å². The molecule has 0 aromatic heterocycles. The minimum atomic E-state index is -3.74. The Morgan fingerprint density at radius 1 is 1.21 bits per heavy atom. The van der Waals surface area contributed by atoms with E-state index in [2.05, 4.69) is 5.32 Å². The van der Waals surface area contributed by atoms with Crippen LogP contribution in [0.4, 0.5) is 4.79 Å². The highest BCUT2D eigenvalue weighted by atomic mass is 32.2. The molecule has 1 fully saturated rings. The van der Waals surface area contributed by atoms with Crippen LogP contribution in [0.15, 0.2) is 0 Å². The predicted molar refractivity (Wildman–Crippen MR) is 71.1 cm³/mol. The Labute approximate surface area is 115 Å². The van der Waals surface area contributed by atoms with E-state index in [1.807, 2.05) is 0 Å². The third-order valence-corrected chi connectivity index (χ3v) is 3.69. The normalized spacial score (nSPS) is 18.1. The summed E-state index contributed by atoms with van der Waals surface area (Å²) in [4.78, 5) is 11.3. The van der Waals surface area contributed by atoms with Gasteiger partial charge >= 0.3 is 6.09 Å². The first kappa shape index (κ1) is 16.2. The van der Waals surface area contributed by atoms with Crippen LogP contribution in [0.2, 0.25) is 0 Å². The molecule has 7 heteroatoms. The van der Waals surface area contributed by atoms with Crippen LogP contribution in [0, 0.1) is 0 Å². The zero-order valence-corrected chi connectivity index (χ0v) is 12.6. The van der Waals surface area contributed by atoms with Gasteiger partial charge in [-0.25, -0.2) is 4.79 Å². The number of amides is 1. The molecule has 6 nitrogen and oxygen atoms in total. The van der Waals surface area contributed by atoms with Gasteiger partial charge in [-0.15, -0.1) is 0 Å². The molecule has 0 atom stereocenters. The highest BCUT2D eigenvalue weighted by molar-refractivity contribution is 7.86. The van der Waals surface area contributed by atoms with E-state index in [-0.39, 0.29) is 6.10 Å². The quantitative estimate of drug-likeness (QED) is 0.803. The van der Waals surface area contributed by atoms with Crippen LogP contribution in [-0.2, 0) is 19.0 Å². The number of ether oxygens (including phenoxy) is 1. The average Bonchev–Trinajstić information content (AvgIpc) is 2.25. The third-order valence-electron chi connectivity index (χ3n) is 2.63. The lowest BCUT2D eigenvalue weighted by molar-refractivity contribution is 0.0533. The zero-order valence-electron chi connectivity index (χ0n) is 11.8. The van der Waals surface area contributed by atoms with Crippen molar-refractivity contribution in [2.75, 3.05) is 5.88 Å². The van der Waals surface area contributed by atoms with Crippen LogP contribution in [0.5, 0.6) is 0 Å². The van der Waals surface area contributed by atoms with Crippen LogP contribution in [-0.4, -0.2) is 32.1 Å². The average molecular weight is 293 g/mol. The molecule has 0 saturated heterocycles. The Morgan fingerprint density at radius 3 is 2.32 bits per heavy atom. The lowest BCUT2D eigenvalue weighted by Crippen LogP contribution is -2.37. The molecule has 0 radical (unpaired) electrons. The van der Waals surface area contributed by atoms with Crippen molar-refractivity contribution in [3.63, 3.8) is 0 Å². The topological polar surface area (TPSA) is 81.7 Å². The van der Waals surface area contributed by atoms with Crippen LogP contribution in [0.3, 0.4) is 0 Å². The van der Waals surface area contributed by atoms with Crippen LogP contribution < -0.4 is 5.32 Å². The fraction of sp³-hybridized carbons (Fsp3) is 0.917. The second-order valence-corrected chi connectivity index (χ2v) is 7.33. The number of hydrogen-bond donors (Lipinski definition) is 1. The molecule has 0 aromatic carbocycles. The van der Waals surface area contributed by atoms with Crippen molar-refractivity contribution in [1.82, 2.24) is 5.32 Å². The maximum Gasteiger partial charge on any atom is 0.408 e. The predicted octanol–water partition coefficient (Wildman–Crippen LogP) is 2.15. The molecular weight excluding hydrogens is 270 g/mol. The number of alkyl carbamates (subject to hydrolysis) is 1. The van der Waals surface area contributed by atoms with E-state index in [0.29, 0.717) is 0 Å². The fourth-order valence-electron chi connectivity index (χ4n) is 1.86. The Bertz CT molecular complexity index is 393. The molecule has 1 N–H and O–H groups in total. The summed E-state index contributed by atoms with van der Waals surface area (Å²) in [6, 6.07) is 0. The molecule has 0 spiro atoms. The molecule has 0 aromatic rings. The van der Waals surface area contributed by atoms with Gasteiger partial charge in [-0.3, -0.25) is 4.18 Å². The summed E-state index contributed by atoms with van der Waals surface area (Å²) in [6.07, 6.45) is 3.59. The highest BCUT2D eigenvalue weighted by Crippen LogP contribution is 2.21. The minimum absolute atomic E-state index is 0.251. The summed E-state index contributed by atoms with van der Waals surface area (Å²) in [5.74, 6) is -0.557. The Hall–Kier alpha value is -0.820. The summed E-state index contributed by atoms with van der Waals surface area (Å²) in [7, 11) is -3.74. The molecule has 19 heavy (non-hydrogen) atoms. The molecule has 0 bridgehead atoms. The van der Waals surface area contributed by atoms with E-state index in [0.717, 1.165) is 32.1 Å². The number of hydrogen-bond acceptors (Lipinski definition) is 5. The zero-order chi connectivity index (χ0) is 14.5. The summed E-state index contributed by atoms with van der Waals surface area (Å²) in [5.41, 5.74) is -0.655. The van der Waals surface area contributed by atoms with E-state index >= 15 is 0 Å². The molecule has 1 aliphatic carbocycles. The molecule has 1 rings (SSSR count). The summed E-state index contributed by atoms with van der Waals surface area (Å²) in [6.45, 7) is 5.12. The van der Waals surface area contributed by atoms with E-state index in [9.17, 15) is 13.2 Å². The number of carbonyl (C=O) groups is 1. The van der Waals surface area contributed by atoms with E-state index in [4.69, 9.17) is 8.92 Å². The lowest BCUT2D eigenvalue weighted by Gasteiger charge is -2.22. The Morgan fingerprint density at radius 2 is 1.79 bits per heavy atom. The van der Waals surface area contributed by atoms with Crippen molar-refractivity contribution >= 4 is 16.2 Å². The van der Waals surface area contributed by atoms with Crippen LogP contribution >= 0.6 is 0 Å². The van der Waals surface area contributed by atoms with Crippen molar-refractivity contribution in [2.24, 2.45) is 0 Å². The van der Waals surface area contributed by atoms with Gasteiger partial charge in [0.2, 0.25) is 0 Å². The molecule has 1 amide bonds. The molecule has 1 saturated carbocycles. The standard InChI is InChI=1S/C12H23NO5S/c1-12(2,3)17-11(14)13-9-19(15,16)18-10-7-5-4-6-8-10/h10H,4-9H2,1-3H3,(H,13,14). The maximum absolute atomic E-state index is 11.7. The second-order valence-electron chi connectivity index (χ2n) is 5.74. The number of rotatable bonds is 4.